The highest BCUT2D eigenvalue weighted by Crippen LogP contribution is 2.56. The first-order chi connectivity index (χ1) is 28.5. The Hall–Kier alpha value is -7.78. The minimum absolute atomic E-state index is 0.620. The maximum Gasteiger partial charge on any atom is 0.187 e. The summed E-state index contributed by atoms with van der Waals surface area (Å²) >= 11 is 0. The zero-order valence-electron chi connectivity index (χ0n) is 31.9. The van der Waals surface area contributed by atoms with Crippen LogP contribution in [0.5, 0.6) is 0 Å². The molecule has 58 heavy (non-hydrogen) atoms. The van der Waals surface area contributed by atoms with Gasteiger partial charge in [-0.1, -0.05) is 127 Å². The van der Waals surface area contributed by atoms with E-state index in [4.69, 9.17) is 6.57 Å². The monoisotopic (exact) mass is 732 g/mol. The molecule has 2 heteroatoms. The fourth-order valence-corrected chi connectivity index (χ4v) is 10.3. The Morgan fingerprint density at radius 2 is 1.03 bits per heavy atom. The summed E-state index contributed by atoms with van der Waals surface area (Å²) in [6.45, 7) is 12.5. The number of benzene rings is 10. The molecule has 0 aliphatic rings. The molecule has 0 atom stereocenters. The normalized spacial score (nSPS) is 11.9. The van der Waals surface area contributed by atoms with E-state index in [1.807, 2.05) is 12.1 Å². The van der Waals surface area contributed by atoms with Gasteiger partial charge in [0, 0.05) is 0 Å². The maximum absolute atomic E-state index is 10.3. The minimum atomic E-state index is 0.620. The highest BCUT2D eigenvalue weighted by Gasteiger charge is 2.28. The lowest BCUT2D eigenvalue weighted by Gasteiger charge is -2.21. The molecule has 0 unspecified atom stereocenters. The van der Waals surface area contributed by atoms with Crippen molar-refractivity contribution in [1.82, 2.24) is 0 Å². The van der Waals surface area contributed by atoms with E-state index in [1.165, 1.54) is 91.9 Å². The Kier molecular flexibility index (Phi) is 6.64. The van der Waals surface area contributed by atoms with E-state index >= 15 is 0 Å². The quantitative estimate of drug-likeness (QED) is 0.131. The van der Waals surface area contributed by atoms with Crippen LogP contribution in [0.3, 0.4) is 0 Å². The molecule has 0 bridgehead atoms. The first-order valence-electron chi connectivity index (χ1n) is 19.8. The van der Waals surface area contributed by atoms with Crippen molar-refractivity contribution in [3.63, 3.8) is 0 Å². The van der Waals surface area contributed by atoms with Crippen LogP contribution >= 0.6 is 0 Å². The molecule has 0 radical (unpaired) electrons. The van der Waals surface area contributed by atoms with E-state index in [1.54, 1.807) is 0 Å². The van der Waals surface area contributed by atoms with E-state index in [0.717, 1.165) is 38.8 Å². The van der Waals surface area contributed by atoms with Gasteiger partial charge in [-0.25, -0.2) is 4.85 Å². The Labute approximate surface area is 334 Å². The summed E-state index contributed by atoms with van der Waals surface area (Å²) in [7, 11) is 0. The van der Waals surface area contributed by atoms with Gasteiger partial charge in [0.1, 0.15) is 0 Å². The fourth-order valence-electron chi connectivity index (χ4n) is 10.3. The maximum atomic E-state index is 10.3. The largest absolute Gasteiger partial charge is 0.238 e. The first kappa shape index (κ1) is 32.5. The van der Waals surface area contributed by atoms with Crippen LogP contribution in [0, 0.1) is 31.8 Å². The van der Waals surface area contributed by atoms with Gasteiger partial charge in [0.25, 0.3) is 0 Å². The highest BCUT2D eigenvalue weighted by atomic mass is 14.6. The van der Waals surface area contributed by atoms with Gasteiger partial charge in [0.15, 0.2) is 5.69 Å². The predicted molar refractivity (Wildman–Crippen MR) is 246 cm³/mol. The standard InChI is InChI=1S/C56H32N2/c1-31-18-20-33(30-57)26-46(31)53-49-29-48-40-13-7-6-12-39(40)42-15-9-16-43(51(42)48)52(49)56(47-28-37(58-3)23-19-32(47)2)55-45-25-24-38(41-14-8-17-44(50(41)45)54(53)55)36-22-21-34-10-4-5-11-35(34)27-36/h4-29H,1-2H3. The third kappa shape index (κ3) is 4.29. The van der Waals surface area contributed by atoms with Crippen molar-refractivity contribution in [1.29, 1.82) is 5.26 Å². The van der Waals surface area contributed by atoms with Crippen molar-refractivity contribution in [2.24, 2.45) is 0 Å². The van der Waals surface area contributed by atoms with Gasteiger partial charge in [0.2, 0.25) is 0 Å². The average Bonchev–Trinajstić information content (AvgIpc) is 3.78. The van der Waals surface area contributed by atoms with Crippen LogP contribution in [-0.4, -0.2) is 0 Å². The zero-order valence-corrected chi connectivity index (χ0v) is 31.9. The highest BCUT2D eigenvalue weighted by molar-refractivity contribution is 6.45. The van der Waals surface area contributed by atoms with Gasteiger partial charge in [-0.3, -0.25) is 0 Å². The van der Waals surface area contributed by atoms with E-state index in [0.29, 0.717) is 11.3 Å². The van der Waals surface area contributed by atoms with Crippen molar-refractivity contribution in [3.8, 4) is 39.4 Å². The van der Waals surface area contributed by atoms with Crippen LogP contribution < -0.4 is 0 Å². The van der Waals surface area contributed by atoms with Gasteiger partial charge in [-0.15, -0.1) is 0 Å². The Morgan fingerprint density at radius 1 is 0.414 bits per heavy atom. The van der Waals surface area contributed by atoms with Crippen molar-refractivity contribution >= 4 is 91.9 Å². The summed E-state index contributed by atoms with van der Waals surface area (Å²) in [6, 6.07) is 59.4. The molecule has 12 rings (SSSR count). The molecule has 0 fully saturated rings. The molecular weight excluding hydrogens is 701 g/mol. The first-order valence-corrected chi connectivity index (χ1v) is 19.8. The molecule has 0 saturated heterocycles. The topological polar surface area (TPSA) is 28.1 Å². The number of aryl methyl sites for hydroxylation is 2. The molecule has 0 aliphatic heterocycles. The van der Waals surface area contributed by atoms with Crippen LogP contribution in [0.25, 0.3) is 124 Å². The molecule has 0 N–H and O–H groups in total. The van der Waals surface area contributed by atoms with Crippen LogP contribution in [-0.2, 0) is 0 Å². The van der Waals surface area contributed by atoms with Crippen LogP contribution in [0.15, 0.2) is 158 Å². The molecule has 12 aromatic carbocycles. The molecule has 0 aromatic heterocycles. The average molecular weight is 733 g/mol. The lowest BCUT2D eigenvalue weighted by molar-refractivity contribution is 1.43. The summed E-state index contributed by atoms with van der Waals surface area (Å²) in [5.74, 6) is 0. The molecule has 0 amide bonds. The van der Waals surface area contributed by atoms with Gasteiger partial charge in [-0.2, -0.15) is 5.26 Å². The third-order valence-electron chi connectivity index (χ3n) is 12.8. The van der Waals surface area contributed by atoms with Gasteiger partial charge < -0.3 is 0 Å². The number of hydrogen-bond donors (Lipinski definition) is 0. The second kappa shape index (κ2) is 11.9. The predicted octanol–water partition coefficient (Wildman–Crippen LogP) is 15.8. The molecule has 0 spiro atoms. The second-order valence-corrected chi connectivity index (χ2v) is 15.8. The van der Waals surface area contributed by atoms with Crippen molar-refractivity contribution in [2.45, 2.75) is 13.8 Å². The fraction of sp³-hybridized carbons (Fsp3) is 0.0357. The van der Waals surface area contributed by atoms with Crippen LogP contribution in [0.1, 0.15) is 16.7 Å². The lowest BCUT2D eigenvalue weighted by atomic mass is 9.82. The van der Waals surface area contributed by atoms with Gasteiger partial charge in [0.05, 0.1) is 18.2 Å². The Balaban J connectivity index is 1.38. The number of nitriles is 1. The third-order valence-corrected chi connectivity index (χ3v) is 12.8. The van der Waals surface area contributed by atoms with E-state index in [9.17, 15) is 5.26 Å². The molecule has 0 aliphatic carbocycles. The zero-order chi connectivity index (χ0) is 38.8. The Bertz CT molecular complexity index is 3840. The molecule has 266 valence electrons. The van der Waals surface area contributed by atoms with E-state index in [2.05, 4.69) is 170 Å². The van der Waals surface area contributed by atoms with Crippen molar-refractivity contribution in [3.05, 3.63) is 186 Å². The summed E-state index contributed by atoms with van der Waals surface area (Å²) in [4.78, 5) is 3.96. The molecular formula is C56H32N2. The minimum Gasteiger partial charge on any atom is -0.238 e. The van der Waals surface area contributed by atoms with Crippen molar-refractivity contribution in [2.75, 3.05) is 0 Å². The summed E-state index contributed by atoms with van der Waals surface area (Å²) in [6.07, 6.45) is 0. The summed E-state index contributed by atoms with van der Waals surface area (Å²) < 4.78 is 0. The summed E-state index contributed by atoms with van der Waals surface area (Å²) in [5.41, 5.74) is 10.3. The molecule has 12 aromatic rings. The van der Waals surface area contributed by atoms with Gasteiger partial charge >= 0.3 is 0 Å². The van der Waals surface area contributed by atoms with E-state index in [-0.39, 0.29) is 0 Å². The van der Waals surface area contributed by atoms with Crippen LogP contribution in [0.4, 0.5) is 5.69 Å². The number of hydrogen-bond acceptors (Lipinski definition) is 1. The molecule has 0 heterocycles. The van der Waals surface area contributed by atoms with Crippen LogP contribution in [0.2, 0.25) is 0 Å². The molecule has 2 nitrogen and oxygen atoms in total. The molecule has 0 saturated carbocycles. The smallest absolute Gasteiger partial charge is 0.187 e. The lowest BCUT2D eigenvalue weighted by Crippen LogP contribution is -1.94. The Morgan fingerprint density at radius 3 is 1.83 bits per heavy atom. The van der Waals surface area contributed by atoms with Gasteiger partial charge in [-0.05, 0) is 175 Å². The van der Waals surface area contributed by atoms with E-state index < -0.39 is 0 Å². The SMILES string of the molecule is [C-]#[N+]c1ccc(C)c(-c2c3c(cc4c5ccccc5c5cccc3c54)c(-c3cc(C#N)ccc3C)c3c4cccc5c(-c6ccc7ccccc7c6)ccc(c23)c54)c1. The number of nitrogens with zero attached hydrogens (tertiary/aromatic N) is 2. The number of fused-ring (bicyclic) bond motifs is 9. The van der Waals surface area contributed by atoms with Crippen molar-refractivity contribution < 1.29 is 0 Å². The number of rotatable bonds is 3. The summed E-state index contributed by atoms with van der Waals surface area (Å²) in [5, 5.41) is 29.7. The second-order valence-electron chi connectivity index (χ2n) is 15.8.